The van der Waals surface area contributed by atoms with Crippen molar-refractivity contribution in [3.63, 3.8) is 0 Å². The van der Waals surface area contributed by atoms with Crippen LogP contribution in [0.3, 0.4) is 0 Å². The summed E-state index contributed by atoms with van der Waals surface area (Å²) in [6, 6.07) is 15.2. The highest BCUT2D eigenvalue weighted by Crippen LogP contribution is 2.22. The van der Waals surface area contributed by atoms with Crippen LogP contribution in [0.15, 0.2) is 53.0 Å². The third-order valence-corrected chi connectivity index (χ3v) is 5.09. The largest absolute Gasteiger partial charge is 0.339 e. The molecular formula is C20H21BrN2O2. The zero-order valence-electron chi connectivity index (χ0n) is 14.2. The summed E-state index contributed by atoms with van der Waals surface area (Å²) in [6.45, 7) is 3.24. The van der Waals surface area contributed by atoms with Gasteiger partial charge in [-0.3, -0.25) is 9.59 Å². The predicted molar refractivity (Wildman–Crippen MR) is 103 cm³/mol. The molecule has 1 aliphatic rings. The first-order chi connectivity index (χ1) is 12.0. The van der Waals surface area contributed by atoms with Crippen LogP contribution < -0.4 is 5.32 Å². The second-order valence-electron chi connectivity index (χ2n) is 6.43. The Morgan fingerprint density at radius 3 is 2.20 bits per heavy atom. The quantitative estimate of drug-likeness (QED) is 0.836. The molecule has 2 amide bonds. The van der Waals surface area contributed by atoms with Crippen LogP contribution in [0.5, 0.6) is 0 Å². The summed E-state index contributed by atoms with van der Waals surface area (Å²) in [7, 11) is 0. The number of likely N-dealkylation sites (tertiary alicyclic amines) is 1. The number of nitrogens with zero attached hydrogens (tertiary/aromatic N) is 1. The zero-order chi connectivity index (χ0) is 17.8. The molecule has 5 heteroatoms. The third-order valence-electron chi connectivity index (χ3n) is 4.56. The van der Waals surface area contributed by atoms with Crippen molar-refractivity contribution in [2.24, 2.45) is 5.92 Å². The van der Waals surface area contributed by atoms with E-state index < -0.39 is 0 Å². The van der Waals surface area contributed by atoms with Gasteiger partial charge in [-0.2, -0.15) is 0 Å². The standard InChI is InChI=1S/C20H21BrN2O2/c1-14-2-4-16(5-3-14)20(25)23-12-10-15(11-13-23)19(24)22-18-8-6-17(21)7-9-18/h2-9,15H,10-13H2,1H3,(H,22,24). The zero-order valence-corrected chi connectivity index (χ0v) is 15.8. The monoisotopic (exact) mass is 400 g/mol. The van der Waals surface area contributed by atoms with Crippen LogP contribution >= 0.6 is 15.9 Å². The van der Waals surface area contributed by atoms with Crippen molar-refractivity contribution < 1.29 is 9.59 Å². The van der Waals surface area contributed by atoms with Crippen LogP contribution in [0.1, 0.15) is 28.8 Å². The van der Waals surface area contributed by atoms with Crippen LogP contribution in [0.4, 0.5) is 5.69 Å². The topological polar surface area (TPSA) is 49.4 Å². The first kappa shape index (κ1) is 17.7. The minimum atomic E-state index is -0.0503. The minimum absolute atomic E-state index is 0.0322. The number of carbonyl (C=O) groups is 2. The molecule has 4 nitrogen and oxygen atoms in total. The average Bonchev–Trinajstić information content (AvgIpc) is 2.64. The summed E-state index contributed by atoms with van der Waals surface area (Å²) in [5.74, 6) is 0.0299. The van der Waals surface area contributed by atoms with Crippen LogP contribution in [-0.2, 0) is 4.79 Å². The maximum Gasteiger partial charge on any atom is 0.253 e. The summed E-state index contributed by atoms with van der Waals surface area (Å²) in [4.78, 5) is 26.8. The Morgan fingerprint density at radius 2 is 1.60 bits per heavy atom. The first-order valence-corrected chi connectivity index (χ1v) is 9.24. The molecule has 1 aliphatic heterocycles. The molecule has 25 heavy (non-hydrogen) atoms. The van der Waals surface area contributed by atoms with Gasteiger partial charge in [0.15, 0.2) is 0 Å². The fourth-order valence-corrected chi connectivity index (χ4v) is 3.27. The van der Waals surface area contributed by atoms with Crippen molar-refractivity contribution in [3.8, 4) is 0 Å². The molecule has 2 aromatic rings. The summed E-state index contributed by atoms with van der Waals surface area (Å²) < 4.78 is 0.980. The smallest absolute Gasteiger partial charge is 0.253 e. The Hall–Kier alpha value is -2.14. The summed E-state index contributed by atoms with van der Waals surface area (Å²) in [5, 5.41) is 2.96. The number of benzene rings is 2. The molecule has 0 bridgehead atoms. The molecular weight excluding hydrogens is 380 g/mol. The van der Waals surface area contributed by atoms with E-state index in [2.05, 4.69) is 21.2 Å². The number of amides is 2. The highest BCUT2D eigenvalue weighted by atomic mass is 79.9. The molecule has 3 rings (SSSR count). The molecule has 0 aromatic heterocycles. The molecule has 0 aliphatic carbocycles. The first-order valence-electron chi connectivity index (χ1n) is 8.45. The van der Waals surface area contributed by atoms with Gasteiger partial charge in [-0.05, 0) is 56.2 Å². The Morgan fingerprint density at radius 1 is 1.00 bits per heavy atom. The molecule has 1 heterocycles. The van der Waals surface area contributed by atoms with Gasteiger partial charge < -0.3 is 10.2 Å². The lowest BCUT2D eigenvalue weighted by molar-refractivity contribution is -0.121. The SMILES string of the molecule is Cc1ccc(C(=O)N2CCC(C(=O)Nc3ccc(Br)cc3)CC2)cc1. The van der Waals surface area contributed by atoms with Crippen molar-refractivity contribution in [1.82, 2.24) is 4.90 Å². The lowest BCUT2D eigenvalue weighted by atomic mass is 9.95. The van der Waals surface area contributed by atoms with E-state index in [1.54, 1.807) is 0 Å². The summed E-state index contributed by atoms with van der Waals surface area (Å²) in [5.41, 5.74) is 2.65. The highest BCUT2D eigenvalue weighted by Gasteiger charge is 2.27. The number of carbonyl (C=O) groups excluding carboxylic acids is 2. The minimum Gasteiger partial charge on any atom is -0.339 e. The molecule has 0 spiro atoms. The maximum atomic E-state index is 12.5. The lowest BCUT2D eigenvalue weighted by Crippen LogP contribution is -2.41. The van der Waals surface area contributed by atoms with E-state index in [0.29, 0.717) is 31.5 Å². The Balaban J connectivity index is 1.54. The van der Waals surface area contributed by atoms with Crippen LogP contribution in [0.2, 0.25) is 0 Å². The number of rotatable bonds is 3. The van der Waals surface area contributed by atoms with Crippen molar-refractivity contribution in [3.05, 3.63) is 64.1 Å². The number of anilines is 1. The van der Waals surface area contributed by atoms with E-state index >= 15 is 0 Å². The average molecular weight is 401 g/mol. The van der Waals surface area contributed by atoms with Gasteiger partial charge in [0.1, 0.15) is 0 Å². The molecule has 130 valence electrons. The van der Waals surface area contributed by atoms with Gasteiger partial charge >= 0.3 is 0 Å². The van der Waals surface area contributed by atoms with E-state index in [1.807, 2.05) is 60.4 Å². The second kappa shape index (κ2) is 7.83. The third kappa shape index (κ3) is 4.48. The molecule has 0 unspecified atom stereocenters. The molecule has 1 fully saturated rings. The van der Waals surface area contributed by atoms with Gasteiger partial charge in [0, 0.05) is 34.7 Å². The van der Waals surface area contributed by atoms with E-state index in [9.17, 15) is 9.59 Å². The van der Waals surface area contributed by atoms with Crippen LogP contribution in [-0.4, -0.2) is 29.8 Å². The lowest BCUT2D eigenvalue weighted by Gasteiger charge is -2.31. The van der Waals surface area contributed by atoms with Gasteiger partial charge in [0.2, 0.25) is 5.91 Å². The van der Waals surface area contributed by atoms with Gasteiger partial charge in [0.25, 0.3) is 5.91 Å². The summed E-state index contributed by atoms with van der Waals surface area (Å²) in [6.07, 6.45) is 1.39. The number of nitrogens with one attached hydrogen (secondary N) is 1. The highest BCUT2D eigenvalue weighted by molar-refractivity contribution is 9.10. The maximum absolute atomic E-state index is 12.5. The second-order valence-corrected chi connectivity index (χ2v) is 7.34. The molecule has 0 atom stereocenters. The Bertz CT molecular complexity index is 748. The fraction of sp³-hybridized carbons (Fsp3) is 0.300. The number of halogens is 1. The van der Waals surface area contributed by atoms with Gasteiger partial charge in [-0.1, -0.05) is 33.6 Å². The van der Waals surface area contributed by atoms with E-state index in [1.165, 1.54) is 0 Å². The Labute approximate surface area is 156 Å². The normalized spacial score (nSPS) is 15.0. The fourth-order valence-electron chi connectivity index (χ4n) is 3.00. The molecule has 1 N–H and O–H groups in total. The molecule has 0 saturated carbocycles. The van der Waals surface area contributed by atoms with E-state index in [-0.39, 0.29) is 17.7 Å². The Kier molecular flexibility index (Phi) is 5.53. The van der Waals surface area contributed by atoms with Crippen molar-refractivity contribution >= 4 is 33.4 Å². The summed E-state index contributed by atoms with van der Waals surface area (Å²) >= 11 is 3.38. The number of hydrogen-bond acceptors (Lipinski definition) is 2. The molecule has 1 saturated heterocycles. The van der Waals surface area contributed by atoms with Crippen molar-refractivity contribution in [2.45, 2.75) is 19.8 Å². The predicted octanol–water partition coefficient (Wildman–Crippen LogP) is 4.25. The van der Waals surface area contributed by atoms with Crippen molar-refractivity contribution in [2.75, 3.05) is 18.4 Å². The van der Waals surface area contributed by atoms with Gasteiger partial charge in [-0.15, -0.1) is 0 Å². The van der Waals surface area contributed by atoms with Gasteiger partial charge in [0.05, 0.1) is 0 Å². The molecule has 0 radical (unpaired) electrons. The number of piperidine rings is 1. The molecule has 2 aromatic carbocycles. The van der Waals surface area contributed by atoms with E-state index in [4.69, 9.17) is 0 Å². The van der Waals surface area contributed by atoms with Crippen molar-refractivity contribution in [1.29, 1.82) is 0 Å². The van der Waals surface area contributed by atoms with Crippen LogP contribution in [0, 0.1) is 12.8 Å². The number of aryl methyl sites for hydroxylation is 1. The number of hydrogen-bond donors (Lipinski definition) is 1. The van der Waals surface area contributed by atoms with Gasteiger partial charge in [-0.25, -0.2) is 0 Å². The van der Waals surface area contributed by atoms with Crippen LogP contribution in [0.25, 0.3) is 0 Å². The van der Waals surface area contributed by atoms with E-state index in [0.717, 1.165) is 15.7 Å².